The maximum atomic E-state index is 12.9. The van der Waals surface area contributed by atoms with Gasteiger partial charge in [-0.3, -0.25) is 4.79 Å². The Morgan fingerprint density at radius 3 is 2.62 bits per heavy atom. The van der Waals surface area contributed by atoms with Gasteiger partial charge < -0.3 is 10.1 Å². The highest BCUT2D eigenvalue weighted by Crippen LogP contribution is 2.24. The van der Waals surface area contributed by atoms with Crippen LogP contribution in [0.4, 0.5) is 10.1 Å². The summed E-state index contributed by atoms with van der Waals surface area (Å²) in [6, 6.07) is 10.4. The van der Waals surface area contributed by atoms with E-state index in [2.05, 4.69) is 5.32 Å². The minimum atomic E-state index is -0.359. The van der Waals surface area contributed by atoms with E-state index in [4.69, 9.17) is 16.3 Å². The molecule has 0 unspecified atom stereocenters. The van der Waals surface area contributed by atoms with Crippen LogP contribution in [0.3, 0.4) is 0 Å². The molecule has 0 saturated heterocycles. The fourth-order valence-corrected chi connectivity index (χ4v) is 1.92. The van der Waals surface area contributed by atoms with Crippen LogP contribution in [0.15, 0.2) is 42.5 Å². The van der Waals surface area contributed by atoms with Crippen LogP contribution in [-0.4, -0.2) is 12.5 Å². The first-order chi connectivity index (χ1) is 10.1. The van der Waals surface area contributed by atoms with E-state index in [1.807, 2.05) is 6.92 Å². The predicted molar refractivity (Wildman–Crippen MR) is 81.6 cm³/mol. The Morgan fingerprint density at radius 2 is 1.95 bits per heavy atom. The molecule has 1 amide bonds. The van der Waals surface area contributed by atoms with Crippen molar-refractivity contribution < 1.29 is 13.9 Å². The van der Waals surface area contributed by atoms with Crippen molar-refractivity contribution in [3.8, 4) is 5.75 Å². The highest BCUT2D eigenvalue weighted by Gasteiger charge is 2.13. The lowest BCUT2D eigenvalue weighted by Gasteiger charge is -2.11. The maximum Gasteiger partial charge on any atom is 0.259 e. The number of rotatable bonds is 5. The summed E-state index contributed by atoms with van der Waals surface area (Å²) in [7, 11) is 0. The van der Waals surface area contributed by atoms with E-state index in [9.17, 15) is 9.18 Å². The molecule has 3 nitrogen and oxygen atoms in total. The number of carbonyl (C=O) groups excluding carboxylic acids is 1. The van der Waals surface area contributed by atoms with E-state index >= 15 is 0 Å². The second-order valence-corrected chi connectivity index (χ2v) is 4.89. The quantitative estimate of drug-likeness (QED) is 0.882. The van der Waals surface area contributed by atoms with Crippen LogP contribution in [0.5, 0.6) is 5.75 Å². The predicted octanol–water partition coefficient (Wildman–Crippen LogP) is 4.52. The number of hydrogen-bond donors (Lipinski definition) is 1. The Hall–Kier alpha value is -2.07. The second kappa shape index (κ2) is 7.09. The Balaban J connectivity index is 2.20. The minimum absolute atomic E-state index is 0.347. The molecule has 0 aliphatic rings. The molecule has 0 bridgehead atoms. The van der Waals surface area contributed by atoms with Crippen molar-refractivity contribution in [1.29, 1.82) is 0 Å². The molecule has 0 radical (unpaired) electrons. The first-order valence-corrected chi connectivity index (χ1v) is 6.97. The molecule has 110 valence electrons. The van der Waals surface area contributed by atoms with Gasteiger partial charge in [0.05, 0.1) is 12.2 Å². The topological polar surface area (TPSA) is 38.3 Å². The van der Waals surface area contributed by atoms with E-state index < -0.39 is 0 Å². The van der Waals surface area contributed by atoms with Gasteiger partial charge in [-0.25, -0.2) is 4.39 Å². The number of amides is 1. The Labute approximate surface area is 127 Å². The van der Waals surface area contributed by atoms with Crippen LogP contribution in [0, 0.1) is 5.82 Å². The second-order valence-electron chi connectivity index (χ2n) is 4.45. The summed E-state index contributed by atoms with van der Waals surface area (Å²) in [6.07, 6.45) is 0.835. The zero-order chi connectivity index (χ0) is 15.2. The third-order valence-corrected chi connectivity index (χ3v) is 2.99. The van der Waals surface area contributed by atoms with Gasteiger partial charge in [0, 0.05) is 10.7 Å². The number of ether oxygens (including phenoxy) is 1. The largest absolute Gasteiger partial charge is 0.493 e. The third-order valence-electron chi connectivity index (χ3n) is 2.75. The van der Waals surface area contributed by atoms with Crippen molar-refractivity contribution >= 4 is 23.2 Å². The summed E-state index contributed by atoms with van der Waals surface area (Å²) in [5.41, 5.74) is 0.850. The molecule has 0 atom stereocenters. The van der Waals surface area contributed by atoms with E-state index in [1.165, 1.54) is 24.3 Å². The Kier molecular flexibility index (Phi) is 5.17. The van der Waals surface area contributed by atoms with Crippen molar-refractivity contribution in [2.24, 2.45) is 0 Å². The van der Waals surface area contributed by atoms with E-state index in [-0.39, 0.29) is 11.7 Å². The minimum Gasteiger partial charge on any atom is -0.493 e. The molecule has 21 heavy (non-hydrogen) atoms. The molecule has 1 N–H and O–H groups in total. The van der Waals surface area contributed by atoms with Crippen LogP contribution in [-0.2, 0) is 0 Å². The van der Waals surface area contributed by atoms with Crippen LogP contribution >= 0.6 is 11.6 Å². The molecule has 0 aliphatic heterocycles. The van der Waals surface area contributed by atoms with Gasteiger partial charge in [-0.15, -0.1) is 0 Å². The van der Waals surface area contributed by atoms with Crippen LogP contribution in [0.2, 0.25) is 5.02 Å². The maximum absolute atomic E-state index is 12.9. The van der Waals surface area contributed by atoms with Crippen molar-refractivity contribution in [2.45, 2.75) is 13.3 Å². The summed E-state index contributed by atoms with van der Waals surface area (Å²) < 4.78 is 18.4. The molecule has 0 spiro atoms. The average molecular weight is 308 g/mol. The third kappa shape index (κ3) is 4.20. The van der Waals surface area contributed by atoms with E-state index in [0.29, 0.717) is 28.6 Å². The monoisotopic (exact) mass is 307 g/mol. The molecule has 0 fully saturated rings. The SMILES string of the molecule is CCCOc1ccc(Cl)cc1C(=O)Nc1ccc(F)cc1. The molecule has 2 aromatic carbocycles. The number of benzene rings is 2. The van der Waals surface area contributed by atoms with Gasteiger partial charge >= 0.3 is 0 Å². The highest BCUT2D eigenvalue weighted by molar-refractivity contribution is 6.31. The van der Waals surface area contributed by atoms with Gasteiger partial charge in [-0.1, -0.05) is 18.5 Å². The number of hydrogen-bond acceptors (Lipinski definition) is 2. The molecule has 2 aromatic rings. The standard InChI is InChI=1S/C16H15ClFNO2/c1-2-9-21-15-8-3-11(17)10-14(15)16(20)19-13-6-4-12(18)5-7-13/h3-8,10H,2,9H2,1H3,(H,19,20). The molecule has 0 aromatic heterocycles. The zero-order valence-corrected chi connectivity index (χ0v) is 12.3. The smallest absolute Gasteiger partial charge is 0.259 e. The summed E-state index contributed by atoms with van der Waals surface area (Å²) in [5, 5.41) is 3.13. The van der Waals surface area contributed by atoms with Gasteiger partial charge in [-0.2, -0.15) is 0 Å². The molecule has 0 heterocycles. The number of halogens is 2. The van der Waals surface area contributed by atoms with Crippen molar-refractivity contribution in [1.82, 2.24) is 0 Å². The number of carbonyl (C=O) groups is 1. The van der Waals surface area contributed by atoms with Crippen molar-refractivity contribution in [2.75, 3.05) is 11.9 Å². The van der Waals surface area contributed by atoms with Crippen LogP contribution in [0.25, 0.3) is 0 Å². The van der Waals surface area contributed by atoms with E-state index in [1.54, 1.807) is 18.2 Å². The van der Waals surface area contributed by atoms with Gasteiger partial charge in [0.2, 0.25) is 0 Å². The molecular weight excluding hydrogens is 293 g/mol. The lowest BCUT2D eigenvalue weighted by Crippen LogP contribution is -2.14. The average Bonchev–Trinajstić information content (AvgIpc) is 2.48. The highest BCUT2D eigenvalue weighted by atomic mass is 35.5. The fourth-order valence-electron chi connectivity index (χ4n) is 1.75. The zero-order valence-electron chi connectivity index (χ0n) is 11.5. The summed E-state index contributed by atoms with van der Waals surface area (Å²) in [5.74, 6) is -0.237. The summed E-state index contributed by atoms with van der Waals surface area (Å²) in [6.45, 7) is 2.49. The molecule has 5 heteroatoms. The van der Waals surface area contributed by atoms with Crippen LogP contribution < -0.4 is 10.1 Å². The summed E-state index contributed by atoms with van der Waals surface area (Å²) in [4.78, 5) is 12.3. The first-order valence-electron chi connectivity index (χ1n) is 6.59. The fraction of sp³-hybridized carbons (Fsp3) is 0.188. The van der Waals surface area contributed by atoms with E-state index in [0.717, 1.165) is 6.42 Å². The summed E-state index contributed by atoms with van der Waals surface area (Å²) >= 11 is 5.93. The Morgan fingerprint density at radius 1 is 1.24 bits per heavy atom. The number of nitrogens with one attached hydrogen (secondary N) is 1. The normalized spacial score (nSPS) is 10.2. The first kappa shape index (κ1) is 15.3. The van der Waals surface area contributed by atoms with Crippen LogP contribution in [0.1, 0.15) is 23.7 Å². The lowest BCUT2D eigenvalue weighted by molar-refractivity contribution is 0.102. The van der Waals surface area contributed by atoms with Crippen molar-refractivity contribution in [3.63, 3.8) is 0 Å². The molecule has 2 rings (SSSR count). The molecular formula is C16H15ClFNO2. The van der Waals surface area contributed by atoms with Crippen molar-refractivity contribution in [3.05, 3.63) is 58.9 Å². The van der Waals surface area contributed by atoms with Gasteiger partial charge in [-0.05, 0) is 48.9 Å². The van der Waals surface area contributed by atoms with Gasteiger partial charge in [0.1, 0.15) is 11.6 Å². The lowest BCUT2D eigenvalue weighted by atomic mass is 10.1. The Bertz CT molecular complexity index is 629. The molecule has 0 saturated carbocycles. The molecule has 0 aliphatic carbocycles. The van der Waals surface area contributed by atoms with Gasteiger partial charge in [0.25, 0.3) is 5.91 Å². The van der Waals surface area contributed by atoms with Gasteiger partial charge in [0.15, 0.2) is 0 Å². The number of anilines is 1.